The molecule has 0 fully saturated rings. The van der Waals surface area contributed by atoms with Gasteiger partial charge in [0.05, 0.1) is 6.54 Å². The van der Waals surface area contributed by atoms with Gasteiger partial charge in [0.1, 0.15) is 0 Å². The van der Waals surface area contributed by atoms with Crippen LogP contribution in [0.4, 0.5) is 13.2 Å². The summed E-state index contributed by atoms with van der Waals surface area (Å²) >= 11 is 0. The maximum absolute atomic E-state index is 12.4. The smallest absolute Gasteiger partial charge is 0.334 e. The summed E-state index contributed by atoms with van der Waals surface area (Å²) in [6, 6.07) is 4.43. The first kappa shape index (κ1) is 15.5. The van der Waals surface area contributed by atoms with E-state index >= 15 is 0 Å². The van der Waals surface area contributed by atoms with Crippen LogP contribution in [0.15, 0.2) is 18.2 Å². The van der Waals surface area contributed by atoms with Crippen molar-refractivity contribution in [3.63, 3.8) is 0 Å². The average Bonchev–Trinajstić information content (AvgIpc) is 2.86. The van der Waals surface area contributed by atoms with E-state index in [4.69, 9.17) is 5.73 Å². The van der Waals surface area contributed by atoms with Gasteiger partial charge in [-0.3, -0.25) is 9.59 Å². The molecule has 21 heavy (non-hydrogen) atoms. The molecular weight excluding hydrogens is 285 g/mol. The van der Waals surface area contributed by atoms with Crippen LogP contribution in [0.3, 0.4) is 0 Å². The molecule has 0 saturated heterocycles. The molecule has 1 aromatic rings. The van der Waals surface area contributed by atoms with Crippen molar-refractivity contribution >= 4 is 11.7 Å². The van der Waals surface area contributed by atoms with Gasteiger partial charge >= 0.3 is 12.1 Å². The molecule has 1 atom stereocenters. The lowest BCUT2D eigenvalue weighted by Gasteiger charge is -2.25. The number of amides is 1. The molecule has 0 aliphatic heterocycles. The third-order valence-electron chi connectivity index (χ3n) is 3.74. The van der Waals surface area contributed by atoms with Gasteiger partial charge in [0, 0.05) is 18.7 Å². The Balaban J connectivity index is 2.16. The number of nitrogens with two attached hydrogens (primary N) is 1. The van der Waals surface area contributed by atoms with Gasteiger partial charge in [-0.1, -0.05) is 12.1 Å². The fraction of sp³-hybridized carbons (Fsp3) is 0.429. The third kappa shape index (κ3) is 3.07. The van der Waals surface area contributed by atoms with Crippen molar-refractivity contribution in [1.29, 1.82) is 0 Å². The Morgan fingerprint density at radius 3 is 2.48 bits per heavy atom. The first-order chi connectivity index (χ1) is 9.74. The van der Waals surface area contributed by atoms with Crippen molar-refractivity contribution in [2.45, 2.75) is 25.1 Å². The lowest BCUT2D eigenvalue weighted by Crippen LogP contribution is -2.44. The number of ketones is 1. The molecule has 0 heterocycles. The van der Waals surface area contributed by atoms with Crippen LogP contribution >= 0.6 is 0 Å². The van der Waals surface area contributed by atoms with Crippen LogP contribution in [-0.4, -0.2) is 42.4 Å². The van der Waals surface area contributed by atoms with E-state index in [1.165, 1.54) is 0 Å². The first-order valence-electron chi connectivity index (χ1n) is 6.43. The minimum Gasteiger partial charge on any atom is -0.334 e. The summed E-state index contributed by atoms with van der Waals surface area (Å²) in [4.78, 5) is 23.5. The predicted molar refractivity (Wildman–Crippen MR) is 69.8 cm³/mol. The summed E-state index contributed by atoms with van der Waals surface area (Å²) in [6.07, 6.45) is -4.21. The standard InChI is InChI=1S/C14H15F3N2O2/c1-19(13(21)14(15,16)17)11-5-8-2-3-9(12(20)7-18)4-10(8)6-11/h2-4,11H,5-7,18H2,1H3. The predicted octanol–water partition coefficient (Wildman–Crippen LogP) is 1.32. The van der Waals surface area contributed by atoms with E-state index in [1.807, 2.05) is 0 Å². The summed E-state index contributed by atoms with van der Waals surface area (Å²) in [7, 11) is 1.15. The highest BCUT2D eigenvalue weighted by Crippen LogP contribution is 2.28. The van der Waals surface area contributed by atoms with Gasteiger partial charge in [-0.2, -0.15) is 13.2 Å². The molecule has 7 heteroatoms. The number of Topliss-reactive ketones (excluding diaryl/α,β-unsaturated/α-hetero) is 1. The van der Waals surface area contributed by atoms with E-state index in [0.29, 0.717) is 18.4 Å². The first-order valence-corrected chi connectivity index (χ1v) is 6.43. The second-order valence-electron chi connectivity index (χ2n) is 5.09. The summed E-state index contributed by atoms with van der Waals surface area (Å²) in [5.41, 5.74) is 7.38. The highest BCUT2D eigenvalue weighted by atomic mass is 19.4. The van der Waals surface area contributed by atoms with E-state index in [0.717, 1.165) is 23.1 Å². The minimum absolute atomic E-state index is 0.116. The molecule has 2 rings (SSSR count). The molecule has 2 N–H and O–H groups in total. The van der Waals surface area contributed by atoms with Crippen molar-refractivity contribution in [2.24, 2.45) is 5.73 Å². The molecule has 0 radical (unpaired) electrons. The number of benzene rings is 1. The second-order valence-corrected chi connectivity index (χ2v) is 5.09. The third-order valence-corrected chi connectivity index (χ3v) is 3.74. The minimum atomic E-state index is -4.87. The monoisotopic (exact) mass is 300 g/mol. The number of nitrogens with zero attached hydrogens (tertiary/aromatic N) is 1. The van der Waals surface area contributed by atoms with E-state index < -0.39 is 18.1 Å². The molecule has 1 unspecified atom stereocenters. The summed E-state index contributed by atoms with van der Waals surface area (Å²) in [5.74, 6) is -2.07. The van der Waals surface area contributed by atoms with Crippen molar-refractivity contribution < 1.29 is 22.8 Å². The molecular formula is C14H15F3N2O2. The van der Waals surface area contributed by atoms with E-state index in [9.17, 15) is 22.8 Å². The normalized spacial score (nSPS) is 17.5. The van der Waals surface area contributed by atoms with Crippen LogP contribution in [0.1, 0.15) is 21.5 Å². The van der Waals surface area contributed by atoms with E-state index in [2.05, 4.69) is 0 Å². The van der Waals surface area contributed by atoms with Gasteiger partial charge < -0.3 is 10.6 Å². The number of carbonyl (C=O) groups is 2. The van der Waals surface area contributed by atoms with Crippen LogP contribution in [0.2, 0.25) is 0 Å². The fourth-order valence-electron chi connectivity index (χ4n) is 2.53. The number of alkyl halides is 3. The highest BCUT2D eigenvalue weighted by Gasteiger charge is 2.44. The molecule has 0 aromatic heterocycles. The van der Waals surface area contributed by atoms with E-state index in [-0.39, 0.29) is 12.3 Å². The quantitative estimate of drug-likeness (QED) is 0.856. The lowest BCUT2D eigenvalue weighted by atomic mass is 10.0. The molecule has 0 bridgehead atoms. The zero-order valence-electron chi connectivity index (χ0n) is 11.4. The van der Waals surface area contributed by atoms with Crippen LogP contribution in [0, 0.1) is 0 Å². The average molecular weight is 300 g/mol. The van der Waals surface area contributed by atoms with Gasteiger partial charge in [0.25, 0.3) is 0 Å². The Hall–Kier alpha value is -1.89. The molecule has 1 aliphatic rings. The molecule has 0 saturated carbocycles. The highest BCUT2D eigenvalue weighted by molar-refractivity contribution is 5.97. The zero-order chi connectivity index (χ0) is 15.8. The number of hydrogen-bond donors (Lipinski definition) is 1. The van der Waals surface area contributed by atoms with Crippen molar-refractivity contribution in [3.8, 4) is 0 Å². The van der Waals surface area contributed by atoms with Crippen LogP contribution in [-0.2, 0) is 17.6 Å². The Labute approximate surface area is 119 Å². The van der Waals surface area contributed by atoms with Gasteiger partial charge in [0.15, 0.2) is 5.78 Å². The Bertz CT molecular complexity index is 584. The molecule has 0 spiro atoms. The fourth-order valence-corrected chi connectivity index (χ4v) is 2.53. The Morgan fingerprint density at radius 1 is 1.29 bits per heavy atom. The van der Waals surface area contributed by atoms with Gasteiger partial charge in [0.2, 0.25) is 0 Å². The maximum Gasteiger partial charge on any atom is 0.471 e. The SMILES string of the molecule is CN(C(=O)C(F)(F)F)C1Cc2ccc(C(=O)CN)cc2C1. The summed E-state index contributed by atoms with van der Waals surface area (Å²) in [6.45, 7) is -0.116. The lowest BCUT2D eigenvalue weighted by molar-refractivity contribution is -0.186. The number of fused-ring (bicyclic) bond motifs is 1. The largest absolute Gasteiger partial charge is 0.471 e. The van der Waals surface area contributed by atoms with Crippen molar-refractivity contribution in [1.82, 2.24) is 4.90 Å². The number of hydrogen-bond acceptors (Lipinski definition) is 3. The Morgan fingerprint density at radius 2 is 1.90 bits per heavy atom. The van der Waals surface area contributed by atoms with Crippen LogP contribution < -0.4 is 5.73 Å². The molecule has 4 nitrogen and oxygen atoms in total. The van der Waals surface area contributed by atoms with Crippen molar-refractivity contribution in [3.05, 3.63) is 34.9 Å². The van der Waals surface area contributed by atoms with Crippen LogP contribution in [0.5, 0.6) is 0 Å². The van der Waals surface area contributed by atoms with Gasteiger partial charge in [-0.15, -0.1) is 0 Å². The number of halogens is 3. The second kappa shape index (κ2) is 5.48. The molecule has 1 amide bonds. The number of likely N-dealkylation sites (N-methyl/N-ethyl adjacent to an activating group) is 1. The van der Waals surface area contributed by atoms with Crippen LogP contribution in [0.25, 0.3) is 0 Å². The topological polar surface area (TPSA) is 63.4 Å². The Kier molecular flexibility index (Phi) is 4.04. The molecule has 1 aromatic carbocycles. The molecule has 114 valence electrons. The summed E-state index contributed by atoms with van der Waals surface area (Å²) < 4.78 is 37.3. The maximum atomic E-state index is 12.4. The van der Waals surface area contributed by atoms with Gasteiger partial charge in [-0.25, -0.2) is 0 Å². The number of rotatable bonds is 3. The number of carbonyl (C=O) groups excluding carboxylic acids is 2. The van der Waals surface area contributed by atoms with Gasteiger partial charge in [-0.05, 0) is 30.0 Å². The van der Waals surface area contributed by atoms with E-state index in [1.54, 1.807) is 18.2 Å². The summed E-state index contributed by atoms with van der Waals surface area (Å²) in [5, 5.41) is 0. The van der Waals surface area contributed by atoms with Crippen molar-refractivity contribution in [2.75, 3.05) is 13.6 Å². The zero-order valence-corrected chi connectivity index (χ0v) is 11.4. The molecule has 1 aliphatic carbocycles.